The van der Waals surface area contributed by atoms with Crippen LogP contribution < -0.4 is 15.0 Å². The number of benzene rings is 3. The Kier molecular flexibility index (Phi) is 5.86. The number of halogens is 4. The van der Waals surface area contributed by atoms with Crippen molar-refractivity contribution in [3.63, 3.8) is 0 Å². The lowest BCUT2D eigenvalue weighted by atomic mass is 10.1. The van der Waals surface area contributed by atoms with Crippen LogP contribution in [0.4, 0.5) is 13.2 Å². The molecule has 0 amide bonds. The van der Waals surface area contributed by atoms with Crippen molar-refractivity contribution in [3.8, 4) is 17.2 Å². The summed E-state index contributed by atoms with van der Waals surface area (Å²) < 4.78 is 51.3. The minimum absolute atomic E-state index is 0.0142. The molecule has 0 bridgehead atoms. The van der Waals surface area contributed by atoms with Crippen LogP contribution in [0.1, 0.15) is 15.9 Å². The molecule has 0 aliphatic rings. The second-order valence-corrected chi connectivity index (χ2v) is 7.43. The number of hydrogen-bond donors (Lipinski definition) is 0. The number of ether oxygens (including phenoxy) is 2. The van der Waals surface area contributed by atoms with E-state index in [0.29, 0.717) is 10.4 Å². The van der Waals surface area contributed by atoms with Crippen LogP contribution in [0.2, 0.25) is 5.02 Å². The van der Waals surface area contributed by atoms with E-state index in [9.17, 15) is 22.8 Å². The Bertz CT molecular complexity index is 1430. The first-order valence-electron chi connectivity index (χ1n) is 9.57. The third-order valence-electron chi connectivity index (χ3n) is 4.92. The normalized spacial score (nSPS) is 11.4. The fourth-order valence-corrected chi connectivity index (χ4v) is 3.52. The number of fused-ring (bicyclic) bond motifs is 1. The molecular formula is C24H15ClF3NO4. The molecule has 0 aliphatic carbocycles. The smallest absolute Gasteiger partial charge is 0.416 e. The van der Waals surface area contributed by atoms with E-state index >= 15 is 0 Å². The summed E-state index contributed by atoms with van der Waals surface area (Å²) in [4.78, 5) is 26.2. The molecule has 168 valence electrons. The number of carbonyl (C=O) groups is 1. The van der Waals surface area contributed by atoms with Gasteiger partial charge in [-0.2, -0.15) is 13.2 Å². The van der Waals surface area contributed by atoms with Crippen molar-refractivity contribution in [2.75, 3.05) is 7.11 Å². The molecule has 0 saturated heterocycles. The molecule has 9 heteroatoms. The highest BCUT2D eigenvalue weighted by Gasteiger charge is 2.30. The van der Waals surface area contributed by atoms with Crippen LogP contribution in [-0.4, -0.2) is 17.6 Å². The summed E-state index contributed by atoms with van der Waals surface area (Å²) in [5.74, 6) is -0.522. The quantitative estimate of drug-likeness (QED) is 0.274. The minimum atomic E-state index is -4.59. The minimum Gasteiger partial charge on any atom is -0.493 e. The molecule has 0 saturated carbocycles. The number of rotatable bonds is 4. The van der Waals surface area contributed by atoms with E-state index in [2.05, 4.69) is 0 Å². The van der Waals surface area contributed by atoms with Crippen LogP contribution in [0.15, 0.2) is 77.7 Å². The number of carbonyl (C=O) groups excluding carboxylic acids is 1. The molecule has 4 rings (SSSR count). The van der Waals surface area contributed by atoms with Gasteiger partial charge in [-0.25, -0.2) is 4.79 Å². The van der Waals surface area contributed by atoms with Gasteiger partial charge in [-0.3, -0.25) is 9.36 Å². The molecule has 0 spiro atoms. The van der Waals surface area contributed by atoms with Gasteiger partial charge in [0.05, 0.1) is 18.2 Å². The lowest BCUT2D eigenvalue weighted by molar-refractivity contribution is -0.137. The van der Waals surface area contributed by atoms with Crippen molar-refractivity contribution in [3.05, 3.63) is 99.4 Å². The summed E-state index contributed by atoms with van der Waals surface area (Å²) in [7, 11) is 1.38. The predicted molar refractivity (Wildman–Crippen MR) is 118 cm³/mol. The molecule has 4 aromatic rings. The lowest BCUT2D eigenvalue weighted by Gasteiger charge is -2.14. The first-order valence-corrected chi connectivity index (χ1v) is 9.94. The molecular weight excluding hydrogens is 459 g/mol. The van der Waals surface area contributed by atoms with Gasteiger partial charge in [-0.15, -0.1) is 0 Å². The Hall–Kier alpha value is -3.78. The van der Waals surface area contributed by atoms with Gasteiger partial charge in [0, 0.05) is 33.7 Å². The van der Waals surface area contributed by atoms with Crippen LogP contribution in [0.5, 0.6) is 11.5 Å². The maximum absolute atomic E-state index is 13.2. The fraction of sp³-hybridized carbons (Fsp3) is 0.0833. The van der Waals surface area contributed by atoms with Crippen molar-refractivity contribution >= 4 is 28.3 Å². The number of nitrogens with zero attached hydrogens (tertiary/aromatic N) is 1. The summed E-state index contributed by atoms with van der Waals surface area (Å²) in [5, 5.41) is 0.811. The summed E-state index contributed by atoms with van der Waals surface area (Å²) in [5.41, 5.74) is -1.56. The van der Waals surface area contributed by atoms with Crippen LogP contribution in [-0.2, 0) is 6.18 Å². The molecule has 33 heavy (non-hydrogen) atoms. The summed E-state index contributed by atoms with van der Waals surface area (Å²) in [6.45, 7) is 0. The molecule has 0 fully saturated rings. The maximum atomic E-state index is 13.2. The van der Waals surface area contributed by atoms with E-state index in [1.807, 2.05) is 0 Å². The van der Waals surface area contributed by atoms with Gasteiger partial charge in [-0.05, 0) is 36.4 Å². The monoisotopic (exact) mass is 473 g/mol. The van der Waals surface area contributed by atoms with Crippen molar-refractivity contribution in [2.24, 2.45) is 0 Å². The molecule has 0 radical (unpaired) electrons. The Morgan fingerprint density at radius 2 is 1.67 bits per heavy atom. The zero-order valence-corrected chi connectivity index (χ0v) is 17.8. The molecule has 1 heterocycles. The number of pyridine rings is 1. The molecule has 0 N–H and O–H groups in total. The fourth-order valence-electron chi connectivity index (χ4n) is 3.36. The summed E-state index contributed by atoms with van der Waals surface area (Å²) in [6, 6.07) is 15.0. The van der Waals surface area contributed by atoms with Gasteiger partial charge in [-0.1, -0.05) is 35.9 Å². The third-order valence-corrected chi connectivity index (χ3v) is 5.16. The Labute approximate surface area is 190 Å². The van der Waals surface area contributed by atoms with Crippen molar-refractivity contribution in [1.82, 2.24) is 4.57 Å². The number of alkyl halides is 3. The highest BCUT2D eigenvalue weighted by Crippen LogP contribution is 2.32. The third kappa shape index (κ3) is 4.42. The van der Waals surface area contributed by atoms with Gasteiger partial charge in [0.2, 0.25) is 0 Å². The van der Waals surface area contributed by atoms with Gasteiger partial charge in [0.1, 0.15) is 0 Å². The number of methoxy groups -OCH3 is 1. The lowest BCUT2D eigenvalue weighted by Crippen LogP contribution is -2.22. The number of esters is 1. The van der Waals surface area contributed by atoms with Crippen molar-refractivity contribution in [1.29, 1.82) is 0 Å². The van der Waals surface area contributed by atoms with Gasteiger partial charge >= 0.3 is 12.1 Å². The highest BCUT2D eigenvalue weighted by atomic mass is 35.5. The zero-order valence-electron chi connectivity index (χ0n) is 17.0. The average Bonchev–Trinajstić information content (AvgIpc) is 2.80. The van der Waals surface area contributed by atoms with E-state index in [1.165, 1.54) is 49.7 Å². The molecule has 0 unspecified atom stereocenters. The standard InChI is InChI=1S/C24H15ClF3NO4/c1-32-21-12-15(25)9-10-20(21)33-23(31)19-13-29(22(30)18-8-3-2-7-17(18)19)16-6-4-5-14(11-16)24(26,27)28/h2-13H,1H3. The van der Waals surface area contributed by atoms with Crippen molar-refractivity contribution in [2.45, 2.75) is 6.18 Å². The first-order chi connectivity index (χ1) is 15.7. The highest BCUT2D eigenvalue weighted by molar-refractivity contribution is 6.30. The predicted octanol–water partition coefficient (Wildman–Crippen LogP) is 5.89. The van der Waals surface area contributed by atoms with Gasteiger partial charge < -0.3 is 9.47 Å². The van der Waals surface area contributed by atoms with Gasteiger partial charge in [0.25, 0.3) is 5.56 Å². The van der Waals surface area contributed by atoms with E-state index in [4.69, 9.17) is 21.1 Å². The Morgan fingerprint density at radius 3 is 2.36 bits per heavy atom. The van der Waals surface area contributed by atoms with E-state index in [-0.39, 0.29) is 28.1 Å². The summed E-state index contributed by atoms with van der Waals surface area (Å²) >= 11 is 5.94. The van der Waals surface area contributed by atoms with Crippen LogP contribution in [0, 0.1) is 0 Å². The van der Waals surface area contributed by atoms with Crippen LogP contribution >= 0.6 is 11.6 Å². The second kappa shape index (κ2) is 8.63. The summed E-state index contributed by atoms with van der Waals surface area (Å²) in [6.07, 6.45) is -3.42. The second-order valence-electron chi connectivity index (χ2n) is 7.00. The number of aromatic nitrogens is 1. The molecule has 3 aromatic carbocycles. The van der Waals surface area contributed by atoms with Gasteiger partial charge in [0.15, 0.2) is 11.5 Å². The average molecular weight is 474 g/mol. The maximum Gasteiger partial charge on any atom is 0.416 e. The van der Waals surface area contributed by atoms with E-state index in [0.717, 1.165) is 16.7 Å². The van der Waals surface area contributed by atoms with E-state index in [1.54, 1.807) is 18.2 Å². The molecule has 1 aromatic heterocycles. The molecule has 5 nitrogen and oxygen atoms in total. The molecule has 0 aliphatic heterocycles. The zero-order chi connectivity index (χ0) is 23.8. The Balaban J connectivity index is 1.87. The van der Waals surface area contributed by atoms with E-state index < -0.39 is 23.3 Å². The SMILES string of the molecule is COc1cc(Cl)ccc1OC(=O)c1cn(-c2cccc(C(F)(F)F)c2)c(=O)c2ccccc12. The van der Waals surface area contributed by atoms with Crippen LogP contribution in [0.3, 0.4) is 0 Å². The number of hydrogen-bond acceptors (Lipinski definition) is 4. The van der Waals surface area contributed by atoms with Crippen LogP contribution in [0.25, 0.3) is 16.5 Å². The first kappa shape index (κ1) is 22.4. The largest absolute Gasteiger partial charge is 0.493 e. The topological polar surface area (TPSA) is 57.5 Å². The molecule has 0 atom stereocenters. The van der Waals surface area contributed by atoms with Crippen molar-refractivity contribution < 1.29 is 27.4 Å². The Morgan fingerprint density at radius 1 is 0.939 bits per heavy atom.